The second-order valence-corrected chi connectivity index (χ2v) is 7.82. The first kappa shape index (κ1) is 17.8. The smallest absolute Gasteiger partial charge is 0.233 e. The number of anilines is 2. The van der Waals surface area contributed by atoms with Crippen LogP contribution in [0.3, 0.4) is 0 Å². The fourth-order valence-electron chi connectivity index (χ4n) is 2.62. The first-order valence-corrected chi connectivity index (χ1v) is 9.82. The highest BCUT2D eigenvalue weighted by Gasteiger charge is 2.22. The SMILES string of the molecule is CCCC(=O)N(c1ccc(Br)cc1)c1nc(-c2ccccc2)c(C)s1. The molecule has 0 atom stereocenters. The molecule has 3 rings (SSSR count). The van der Waals surface area contributed by atoms with E-state index in [1.165, 1.54) is 0 Å². The third kappa shape index (κ3) is 3.99. The zero-order chi connectivity index (χ0) is 17.8. The molecule has 0 aliphatic heterocycles. The van der Waals surface area contributed by atoms with Crippen LogP contribution in [-0.4, -0.2) is 10.9 Å². The second-order valence-electron chi connectivity index (χ2n) is 5.72. The van der Waals surface area contributed by atoms with E-state index in [1.54, 1.807) is 16.2 Å². The molecule has 0 saturated carbocycles. The van der Waals surface area contributed by atoms with Gasteiger partial charge in [0.1, 0.15) is 0 Å². The second kappa shape index (κ2) is 7.93. The van der Waals surface area contributed by atoms with Gasteiger partial charge >= 0.3 is 0 Å². The maximum absolute atomic E-state index is 12.8. The number of hydrogen-bond acceptors (Lipinski definition) is 3. The van der Waals surface area contributed by atoms with E-state index in [0.717, 1.165) is 37.8 Å². The van der Waals surface area contributed by atoms with E-state index >= 15 is 0 Å². The molecule has 128 valence electrons. The largest absolute Gasteiger partial charge is 0.274 e. The Bertz CT molecular complexity index is 859. The molecular formula is C20H19BrN2OS. The Kier molecular flexibility index (Phi) is 5.66. The van der Waals surface area contributed by atoms with Gasteiger partial charge in [-0.25, -0.2) is 4.98 Å². The van der Waals surface area contributed by atoms with Crippen molar-refractivity contribution in [1.82, 2.24) is 4.98 Å². The minimum atomic E-state index is 0.0678. The monoisotopic (exact) mass is 414 g/mol. The van der Waals surface area contributed by atoms with Crippen molar-refractivity contribution >= 4 is 44.0 Å². The molecule has 2 aromatic carbocycles. The van der Waals surface area contributed by atoms with Crippen LogP contribution in [0.2, 0.25) is 0 Å². The summed E-state index contributed by atoms with van der Waals surface area (Å²) in [5.74, 6) is 0.0678. The van der Waals surface area contributed by atoms with Crippen molar-refractivity contribution in [2.75, 3.05) is 4.90 Å². The molecule has 0 spiro atoms. The predicted molar refractivity (Wildman–Crippen MR) is 108 cm³/mol. The lowest BCUT2D eigenvalue weighted by Crippen LogP contribution is -2.25. The number of thiazole rings is 1. The summed E-state index contributed by atoms with van der Waals surface area (Å²) in [6.07, 6.45) is 1.30. The molecule has 3 nitrogen and oxygen atoms in total. The summed E-state index contributed by atoms with van der Waals surface area (Å²) in [6.45, 7) is 4.06. The van der Waals surface area contributed by atoms with E-state index in [1.807, 2.05) is 68.4 Å². The van der Waals surface area contributed by atoms with Gasteiger partial charge in [0, 0.05) is 21.3 Å². The molecule has 0 saturated heterocycles. The van der Waals surface area contributed by atoms with Crippen molar-refractivity contribution in [2.45, 2.75) is 26.7 Å². The summed E-state index contributed by atoms with van der Waals surface area (Å²) in [5, 5.41) is 0.720. The average Bonchev–Trinajstić information content (AvgIpc) is 2.99. The third-order valence-corrected chi connectivity index (χ3v) is 5.31. The number of rotatable bonds is 5. The molecule has 0 radical (unpaired) electrons. The topological polar surface area (TPSA) is 33.2 Å². The lowest BCUT2D eigenvalue weighted by Gasteiger charge is -2.20. The number of carbonyl (C=O) groups excluding carboxylic acids is 1. The standard InChI is InChI=1S/C20H19BrN2OS/c1-3-7-18(24)23(17-12-10-16(21)11-13-17)20-22-19(14(2)25-20)15-8-5-4-6-9-15/h4-6,8-13H,3,7H2,1-2H3. The van der Waals surface area contributed by atoms with E-state index in [2.05, 4.69) is 15.9 Å². The Labute approximate surface area is 160 Å². The first-order chi connectivity index (χ1) is 12.1. The van der Waals surface area contributed by atoms with Crippen LogP contribution < -0.4 is 4.90 Å². The van der Waals surface area contributed by atoms with Crippen LogP contribution in [0, 0.1) is 6.92 Å². The van der Waals surface area contributed by atoms with E-state index in [-0.39, 0.29) is 5.91 Å². The Hall–Kier alpha value is -1.98. The fourth-order valence-corrected chi connectivity index (χ4v) is 3.85. The molecule has 0 aliphatic carbocycles. The number of benzene rings is 2. The zero-order valence-corrected chi connectivity index (χ0v) is 16.6. The van der Waals surface area contributed by atoms with Crippen LogP contribution in [0.1, 0.15) is 24.6 Å². The van der Waals surface area contributed by atoms with Gasteiger partial charge in [-0.1, -0.05) is 53.2 Å². The number of halogens is 1. The Morgan fingerprint density at radius 2 is 1.80 bits per heavy atom. The van der Waals surface area contributed by atoms with Crippen molar-refractivity contribution in [3.8, 4) is 11.3 Å². The molecule has 1 aromatic heterocycles. The van der Waals surface area contributed by atoms with E-state index in [0.29, 0.717) is 6.42 Å². The van der Waals surface area contributed by atoms with Crippen molar-refractivity contribution in [3.63, 3.8) is 0 Å². The summed E-state index contributed by atoms with van der Waals surface area (Å²) in [6, 6.07) is 17.9. The molecule has 5 heteroatoms. The van der Waals surface area contributed by atoms with Gasteiger partial charge in [-0.05, 0) is 37.6 Å². The van der Waals surface area contributed by atoms with Crippen molar-refractivity contribution < 1.29 is 4.79 Å². The average molecular weight is 415 g/mol. The summed E-state index contributed by atoms with van der Waals surface area (Å²) in [4.78, 5) is 20.4. The maximum Gasteiger partial charge on any atom is 0.233 e. The molecule has 25 heavy (non-hydrogen) atoms. The maximum atomic E-state index is 12.8. The first-order valence-electron chi connectivity index (χ1n) is 8.21. The molecule has 1 heterocycles. The lowest BCUT2D eigenvalue weighted by molar-refractivity contribution is -0.117. The van der Waals surface area contributed by atoms with Gasteiger partial charge in [-0.3, -0.25) is 9.69 Å². The Balaban J connectivity index is 2.05. The van der Waals surface area contributed by atoms with Gasteiger partial charge in [0.25, 0.3) is 0 Å². The van der Waals surface area contributed by atoms with Gasteiger partial charge in [0.05, 0.1) is 11.4 Å². The lowest BCUT2D eigenvalue weighted by atomic mass is 10.1. The molecule has 0 bridgehead atoms. The number of amides is 1. The quantitative estimate of drug-likeness (QED) is 0.487. The predicted octanol–water partition coefficient (Wildman–Crippen LogP) is 6.35. The molecular weight excluding hydrogens is 396 g/mol. The number of carbonyl (C=O) groups is 1. The van der Waals surface area contributed by atoms with Gasteiger partial charge in [0.2, 0.25) is 5.91 Å². The molecule has 0 aliphatic rings. The number of nitrogens with zero attached hydrogens (tertiary/aromatic N) is 2. The minimum Gasteiger partial charge on any atom is -0.274 e. The number of aryl methyl sites for hydroxylation is 1. The number of hydrogen-bond donors (Lipinski definition) is 0. The molecule has 0 fully saturated rings. The van der Waals surface area contributed by atoms with Crippen molar-refractivity contribution in [2.24, 2.45) is 0 Å². The van der Waals surface area contributed by atoms with Crippen LogP contribution in [0.5, 0.6) is 0 Å². The highest BCUT2D eigenvalue weighted by molar-refractivity contribution is 9.10. The fraction of sp³-hybridized carbons (Fsp3) is 0.200. The Morgan fingerprint density at radius 3 is 2.44 bits per heavy atom. The third-order valence-electron chi connectivity index (χ3n) is 3.82. The molecule has 1 amide bonds. The Morgan fingerprint density at radius 1 is 1.12 bits per heavy atom. The van der Waals surface area contributed by atoms with Crippen LogP contribution in [0.15, 0.2) is 59.1 Å². The van der Waals surface area contributed by atoms with Gasteiger partial charge < -0.3 is 0 Å². The molecule has 0 N–H and O–H groups in total. The summed E-state index contributed by atoms with van der Waals surface area (Å²) >= 11 is 5.00. The number of aromatic nitrogens is 1. The van der Waals surface area contributed by atoms with Gasteiger partial charge in [-0.15, -0.1) is 11.3 Å². The van der Waals surface area contributed by atoms with Crippen molar-refractivity contribution in [3.05, 3.63) is 63.9 Å². The highest BCUT2D eigenvalue weighted by atomic mass is 79.9. The van der Waals surface area contributed by atoms with Crippen LogP contribution >= 0.6 is 27.3 Å². The van der Waals surface area contributed by atoms with E-state index in [4.69, 9.17) is 4.98 Å². The zero-order valence-electron chi connectivity index (χ0n) is 14.2. The van der Waals surface area contributed by atoms with Crippen LogP contribution in [0.4, 0.5) is 10.8 Å². The highest BCUT2D eigenvalue weighted by Crippen LogP contribution is 2.36. The minimum absolute atomic E-state index is 0.0678. The summed E-state index contributed by atoms with van der Waals surface area (Å²) in [7, 11) is 0. The molecule has 3 aromatic rings. The van der Waals surface area contributed by atoms with Crippen LogP contribution in [-0.2, 0) is 4.79 Å². The normalized spacial score (nSPS) is 10.7. The molecule has 0 unspecified atom stereocenters. The summed E-state index contributed by atoms with van der Waals surface area (Å²) in [5.41, 5.74) is 2.85. The van der Waals surface area contributed by atoms with Crippen molar-refractivity contribution in [1.29, 1.82) is 0 Å². The van der Waals surface area contributed by atoms with Gasteiger partial charge in [-0.2, -0.15) is 0 Å². The summed E-state index contributed by atoms with van der Waals surface area (Å²) < 4.78 is 0.986. The van der Waals surface area contributed by atoms with E-state index in [9.17, 15) is 4.79 Å². The van der Waals surface area contributed by atoms with Gasteiger partial charge in [0.15, 0.2) is 5.13 Å². The van der Waals surface area contributed by atoms with Crippen LogP contribution in [0.25, 0.3) is 11.3 Å². The van der Waals surface area contributed by atoms with E-state index < -0.39 is 0 Å².